The van der Waals surface area contributed by atoms with Crippen molar-refractivity contribution in [1.29, 1.82) is 0 Å². The highest BCUT2D eigenvalue weighted by atomic mass is 35.5. The number of fused-ring (bicyclic) bond motifs is 1. The third kappa shape index (κ3) is 5.99. The van der Waals surface area contributed by atoms with Crippen molar-refractivity contribution in [3.05, 3.63) is 71.2 Å². The van der Waals surface area contributed by atoms with Gasteiger partial charge < -0.3 is 10.1 Å². The minimum atomic E-state index is -0.481. The maximum Gasteiger partial charge on any atom is 0.339 e. The number of carbonyl (C=O) groups is 2. The predicted octanol–water partition coefficient (Wildman–Crippen LogP) is 6.18. The normalized spacial score (nSPS) is 10.7. The van der Waals surface area contributed by atoms with E-state index >= 15 is 0 Å². The van der Waals surface area contributed by atoms with Crippen LogP contribution < -0.4 is 5.32 Å². The summed E-state index contributed by atoms with van der Waals surface area (Å²) in [7, 11) is 0. The topological polar surface area (TPSA) is 55.4 Å². The zero-order chi connectivity index (χ0) is 20.6. The summed E-state index contributed by atoms with van der Waals surface area (Å²) in [4.78, 5) is 25.5. The van der Waals surface area contributed by atoms with Crippen molar-refractivity contribution in [3.63, 3.8) is 0 Å². The van der Waals surface area contributed by atoms with Crippen molar-refractivity contribution in [1.82, 2.24) is 0 Å². The highest BCUT2D eigenvalue weighted by Crippen LogP contribution is 2.25. The quantitative estimate of drug-likeness (QED) is 0.265. The molecule has 0 aliphatic rings. The number of thioether (sulfide) groups is 1. The Labute approximate surface area is 179 Å². The first kappa shape index (κ1) is 21.2. The molecule has 4 nitrogen and oxygen atoms in total. The Hall–Kier alpha value is -2.50. The number of carbonyl (C=O) groups excluding carboxylic acids is 2. The van der Waals surface area contributed by atoms with Crippen molar-refractivity contribution in [2.75, 3.05) is 17.7 Å². The van der Waals surface area contributed by atoms with Gasteiger partial charge in [0, 0.05) is 10.6 Å². The third-order valence-electron chi connectivity index (χ3n) is 4.29. The summed E-state index contributed by atoms with van der Waals surface area (Å²) in [6.45, 7) is 2.37. The van der Waals surface area contributed by atoms with Gasteiger partial charge in [-0.25, -0.2) is 4.79 Å². The molecule has 0 unspecified atom stereocenters. The number of hydrogen-bond donors (Lipinski definition) is 1. The molecule has 3 rings (SSSR count). The fourth-order valence-corrected chi connectivity index (χ4v) is 3.69. The number of nitrogens with one attached hydrogen (secondary N) is 1. The van der Waals surface area contributed by atoms with Crippen LogP contribution in [0.2, 0.25) is 5.02 Å². The number of esters is 1. The molecular weight excluding hydrogens is 406 g/mol. The molecule has 0 saturated carbocycles. The number of amides is 1. The number of halogens is 1. The summed E-state index contributed by atoms with van der Waals surface area (Å²) in [5.41, 5.74) is 0.767. The van der Waals surface area contributed by atoms with E-state index in [9.17, 15) is 9.59 Å². The van der Waals surface area contributed by atoms with E-state index in [0.717, 1.165) is 23.1 Å². The first-order valence-electron chi connectivity index (χ1n) is 9.45. The standard InChI is InChI=1S/C23H22ClNO3S/c1-2-3-12-28-23(27)20-14-18(9-11-21(20)24)25-22(26)15-29-19-10-8-16-6-4-5-7-17(16)13-19/h4-11,13-14H,2-3,12,15H2,1H3,(H,25,26). The summed E-state index contributed by atoms with van der Waals surface area (Å²) in [5, 5.41) is 5.42. The number of rotatable bonds is 8. The Morgan fingerprint density at radius 2 is 1.83 bits per heavy atom. The first-order chi connectivity index (χ1) is 14.1. The monoisotopic (exact) mass is 427 g/mol. The molecule has 0 aliphatic carbocycles. The van der Waals surface area contributed by atoms with Gasteiger partial charge in [-0.15, -0.1) is 11.8 Å². The molecule has 3 aromatic rings. The van der Waals surface area contributed by atoms with Gasteiger partial charge in [0.1, 0.15) is 0 Å². The Balaban J connectivity index is 1.59. The molecule has 0 saturated heterocycles. The second kappa shape index (κ2) is 10.3. The SMILES string of the molecule is CCCCOC(=O)c1cc(NC(=O)CSc2ccc3ccccc3c2)ccc1Cl. The van der Waals surface area contributed by atoms with E-state index in [1.165, 1.54) is 17.1 Å². The molecule has 6 heteroatoms. The fraction of sp³-hybridized carbons (Fsp3) is 0.217. The highest BCUT2D eigenvalue weighted by Gasteiger charge is 2.14. The molecule has 0 atom stereocenters. The van der Waals surface area contributed by atoms with E-state index in [4.69, 9.17) is 16.3 Å². The van der Waals surface area contributed by atoms with Gasteiger partial charge in [0.25, 0.3) is 0 Å². The molecule has 0 aliphatic heterocycles. The van der Waals surface area contributed by atoms with E-state index in [0.29, 0.717) is 17.3 Å². The highest BCUT2D eigenvalue weighted by molar-refractivity contribution is 8.00. The van der Waals surface area contributed by atoms with Crippen molar-refractivity contribution >= 4 is 51.7 Å². The van der Waals surface area contributed by atoms with Crippen LogP contribution in [-0.2, 0) is 9.53 Å². The minimum Gasteiger partial charge on any atom is -0.462 e. The Bertz CT molecular complexity index is 1020. The Morgan fingerprint density at radius 3 is 2.62 bits per heavy atom. The molecule has 0 bridgehead atoms. The fourth-order valence-electron chi connectivity index (χ4n) is 2.75. The van der Waals surface area contributed by atoms with Crippen LogP contribution in [0, 0.1) is 0 Å². The number of benzene rings is 3. The van der Waals surface area contributed by atoms with Gasteiger partial charge >= 0.3 is 5.97 Å². The molecule has 0 fully saturated rings. The first-order valence-corrected chi connectivity index (χ1v) is 10.8. The van der Waals surface area contributed by atoms with Crippen LogP contribution in [0.3, 0.4) is 0 Å². The lowest BCUT2D eigenvalue weighted by Gasteiger charge is -2.10. The molecule has 0 aromatic heterocycles. The zero-order valence-electron chi connectivity index (χ0n) is 16.1. The van der Waals surface area contributed by atoms with E-state index in [2.05, 4.69) is 17.4 Å². The van der Waals surface area contributed by atoms with Crippen molar-refractivity contribution < 1.29 is 14.3 Å². The van der Waals surface area contributed by atoms with E-state index in [1.54, 1.807) is 18.2 Å². The molecule has 0 heterocycles. The van der Waals surface area contributed by atoms with Gasteiger partial charge in [-0.3, -0.25) is 4.79 Å². The summed E-state index contributed by atoms with van der Waals surface area (Å²) in [6, 6.07) is 19.0. The van der Waals surface area contributed by atoms with Gasteiger partial charge in [-0.05, 0) is 47.5 Å². The largest absolute Gasteiger partial charge is 0.462 e. The van der Waals surface area contributed by atoms with E-state index in [1.807, 2.05) is 37.3 Å². The maximum atomic E-state index is 12.3. The van der Waals surface area contributed by atoms with Crippen LogP contribution in [0.5, 0.6) is 0 Å². The van der Waals surface area contributed by atoms with Gasteiger partial charge in [0.05, 0.1) is 22.9 Å². The van der Waals surface area contributed by atoms with Gasteiger partial charge in [0.2, 0.25) is 5.91 Å². The third-order valence-corrected chi connectivity index (χ3v) is 5.62. The lowest BCUT2D eigenvalue weighted by atomic mass is 10.1. The average Bonchev–Trinajstić information content (AvgIpc) is 2.73. The van der Waals surface area contributed by atoms with Crippen LogP contribution in [-0.4, -0.2) is 24.2 Å². The van der Waals surface area contributed by atoms with Crippen LogP contribution >= 0.6 is 23.4 Å². The summed E-state index contributed by atoms with van der Waals surface area (Å²) >= 11 is 7.57. The molecule has 29 heavy (non-hydrogen) atoms. The number of unbranched alkanes of at least 4 members (excludes halogenated alkanes) is 1. The number of anilines is 1. The Kier molecular flexibility index (Phi) is 7.55. The van der Waals surface area contributed by atoms with Gasteiger partial charge in [-0.1, -0.05) is 55.3 Å². The summed E-state index contributed by atoms with van der Waals surface area (Å²) in [5.74, 6) is -0.377. The maximum absolute atomic E-state index is 12.3. The Morgan fingerprint density at radius 1 is 1.03 bits per heavy atom. The zero-order valence-corrected chi connectivity index (χ0v) is 17.7. The van der Waals surface area contributed by atoms with Gasteiger partial charge in [-0.2, -0.15) is 0 Å². The van der Waals surface area contributed by atoms with Crippen molar-refractivity contribution in [3.8, 4) is 0 Å². The lowest BCUT2D eigenvalue weighted by Crippen LogP contribution is -2.15. The predicted molar refractivity (Wildman–Crippen MR) is 120 cm³/mol. The van der Waals surface area contributed by atoms with Crippen LogP contribution in [0.25, 0.3) is 10.8 Å². The molecule has 1 amide bonds. The molecule has 3 aromatic carbocycles. The molecule has 150 valence electrons. The second-order valence-corrected chi connectivity index (χ2v) is 7.99. The number of ether oxygens (including phenoxy) is 1. The lowest BCUT2D eigenvalue weighted by molar-refractivity contribution is -0.113. The second-order valence-electron chi connectivity index (χ2n) is 6.53. The molecule has 1 N–H and O–H groups in total. The molecule has 0 radical (unpaired) electrons. The van der Waals surface area contributed by atoms with E-state index < -0.39 is 5.97 Å². The van der Waals surface area contributed by atoms with Crippen LogP contribution in [0.1, 0.15) is 30.1 Å². The smallest absolute Gasteiger partial charge is 0.339 e. The molecule has 0 spiro atoms. The average molecular weight is 428 g/mol. The van der Waals surface area contributed by atoms with Crippen molar-refractivity contribution in [2.24, 2.45) is 0 Å². The van der Waals surface area contributed by atoms with Crippen LogP contribution in [0.15, 0.2) is 65.6 Å². The van der Waals surface area contributed by atoms with Crippen LogP contribution in [0.4, 0.5) is 5.69 Å². The van der Waals surface area contributed by atoms with Gasteiger partial charge in [0.15, 0.2) is 0 Å². The van der Waals surface area contributed by atoms with Crippen molar-refractivity contribution in [2.45, 2.75) is 24.7 Å². The van der Waals surface area contributed by atoms with E-state index in [-0.39, 0.29) is 17.2 Å². The summed E-state index contributed by atoms with van der Waals surface area (Å²) < 4.78 is 5.21. The minimum absolute atomic E-state index is 0.157. The molecular formula is C23H22ClNO3S. The summed E-state index contributed by atoms with van der Waals surface area (Å²) in [6.07, 6.45) is 1.73. The number of hydrogen-bond acceptors (Lipinski definition) is 4.